The fourth-order valence-corrected chi connectivity index (χ4v) is 5.84. The van der Waals surface area contributed by atoms with Crippen molar-refractivity contribution in [3.63, 3.8) is 0 Å². The van der Waals surface area contributed by atoms with Gasteiger partial charge in [0.25, 0.3) is 11.8 Å². The largest absolute Gasteiger partial charge is 0.478 e. The molecule has 0 aliphatic carbocycles. The summed E-state index contributed by atoms with van der Waals surface area (Å²) in [5, 5.41) is 18.2. The lowest BCUT2D eigenvalue weighted by atomic mass is 10.1. The second-order valence-corrected chi connectivity index (χ2v) is 11.8. The Kier molecular flexibility index (Phi) is 10.2. The van der Waals surface area contributed by atoms with Crippen LogP contribution in [0.15, 0.2) is 114 Å². The van der Waals surface area contributed by atoms with Crippen LogP contribution in [0.2, 0.25) is 5.02 Å². The van der Waals surface area contributed by atoms with Crippen LogP contribution < -0.4 is 16.0 Å². The van der Waals surface area contributed by atoms with Crippen molar-refractivity contribution in [1.82, 2.24) is 10.3 Å². The van der Waals surface area contributed by atoms with Crippen LogP contribution in [0, 0.1) is 0 Å². The van der Waals surface area contributed by atoms with Crippen molar-refractivity contribution in [3.05, 3.63) is 131 Å². The lowest BCUT2D eigenvalue weighted by Gasteiger charge is -2.16. The van der Waals surface area contributed by atoms with Gasteiger partial charge in [0, 0.05) is 44.5 Å². The molecule has 0 fully saturated rings. The first-order valence-electron chi connectivity index (χ1n) is 14.3. The number of anilines is 2. The number of carboxylic acids is 1. The quantitative estimate of drug-likeness (QED) is 0.0742. The molecule has 4 aromatic carbocycles. The molecule has 5 N–H and O–H groups in total. The number of nitrogens with one attached hydrogen (secondary N) is 4. The van der Waals surface area contributed by atoms with E-state index in [2.05, 4.69) is 20.9 Å². The summed E-state index contributed by atoms with van der Waals surface area (Å²) in [6, 6.07) is 27.6. The van der Waals surface area contributed by atoms with Crippen LogP contribution in [0.4, 0.5) is 11.4 Å². The predicted octanol–water partition coefficient (Wildman–Crippen LogP) is 7.44. The van der Waals surface area contributed by atoms with Gasteiger partial charge in [0.2, 0.25) is 5.91 Å². The second-order valence-electron chi connectivity index (χ2n) is 10.2. The van der Waals surface area contributed by atoms with Crippen LogP contribution >= 0.6 is 23.4 Å². The van der Waals surface area contributed by atoms with E-state index in [1.807, 2.05) is 37.3 Å². The van der Waals surface area contributed by atoms with Crippen LogP contribution in [0.1, 0.15) is 39.6 Å². The summed E-state index contributed by atoms with van der Waals surface area (Å²) in [5.41, 5.74) is 2.74. The number of benzene rings is 4. The van der Waals surface area contributed by atoms with Crippen LogP contribution in [0.3, 0.4) is 0 Å². The van der Waals surface area contributed by atoms with Crippen LogP contribution in [-0.4, -0.2) is 39.0 Å². The summed E-state index contributed by atoms with van der Waals surface area (Å²) in [4.78, 5) is 55.1. The first-order chi connectivity index (χ1) is 22.2. The number of aromatic carboxylic acids is 1. The number of hydrogen-bond donors (Lipinski definition) is 5. The summed E-state index contributed by atoms with van der Waals surface area (Å²) < 4.78 is 0. The standard InChI is InChI=1S/C35H29ClN4O5S/c1-2-31(34(43)39-24-15-16-28(36)27(19-24)35(44)45)46-25-12-8-11-23(18-25)38-33(42)30(40-32(41)21-9-4-3-5-10-21)17-22-20-37-29-14-7-6-13-26(22)29/h3-20,31,37H,2H2,1H3,(H,38,42)(H,39,43)(H,40,41)(H,44,45)/b30-17-. The van der Waals surface area contributed by atoms with E-state index in [1.54, 1.807) is 60.8 Å². The summed E-state index contributed by atoms with van der Waals surface area (Å²) in [6.07, 6.45) is 3.87. The van der Waals surface area contributed by atoms with Crippen molar-refractivity contribution in [2.75, 3.05) is 10.6 Å². The molecule has 9 nitrogen and oxygen atoms in total. The minimum atomic E-state index is -1.19. The maximum atomic E-state index is 13.6. The van der Waals surface area contributed by atoms with Gasteiger partial charge < -0.3 is 26.0 Å². The average Bonchev–Trinajstić information content (AvgIpc) is 3.47. The molecule has 0 bridgehead atoms. The minimum Gasteiger partial charge on any atom is -0.478 e. The molecule has 5 aromatic rings. The molecule has 0 aliphatic heterocycles. The maximum absolute atomic E-state index is 13.6. The van der Waals surface area contributed by atoms with Crippen molar-refractivity contribution in [1.29, 1.82) is 0 Å². The zero-order valence-corrected chi connectivity index (χ0v) is 26.1. The van der Waals surface area contributed by atoms with Gasteiger partial charge in [-0.2, -0.15) is 0 Å². The van der Waals surface area contributed by atoms with E-state index in [0.29, 0.717) is 23.4 Å². The van der Waals surface area contributed by atoms with Gasteiger partial charge in [-0.3, -0.25) is 14.4 Å². The van der Waals surface area contributed by atoms with Crippen LogP contribution in [-0.2, 0) is 9.59 Å². The number of aromatic amines is 1. The molecule has 0 saturated heterocycles. The highest BCUT2D eigenvalue weighted by molar-refractivity contribution is 8.00. The van der Waals surface area contributed by atoms with Gasteiger partial charge in [-0.15, -0.1) is 11.8 Å². The summed E-state index contributed by atoms with van der Waals surface area (Å²) >= 11 is 7.25. The Labute approximate surface area is 274 Å². The molecule has 11 heteroatoms. The van der Waals surface area contributed by atoms with Crippen molar-refractivity contribution in [3.8, 4) is 0 Å². The molecular formula is C35H29ClN4O5S. The molecule has 1 unspecified atom stereocenters. The Balaban J connectivity index is 1.33. The first-order valence-corrected chi connectivity index (χ1v) is 15.5. The Bertz CT molecular complexity index is 1960. The molecule has 1 aromatic heterocycles. The van der Waals surface area contributed by atoms with E-state index in [1.165, 1.54) is 30.0 Å². The molecule has 0 radical (unpaired) electrons. The topological polar surface area (TPSA) is 140 Å². The monoisotopic (exact) mass is 652 g/mol. The first kappa shape index (κ1) is 32.1. The van der Waals surface area contributed by atoms with Gasteiger partial charge >= 0.3 is 5.97 Å². The number of hydrogen-bond acceptors (Lipinski definition) is 5. The lowest BCUT2D eigenvalue weighted by Crippen LogP contribution is -2.30. The van der Waals surface area contributed by atoms with Gasteiger partial charge in [-0.1, -0.05) is 61.0 Å². The summed E-state index contributed by atoms with van der Waals surface area (Å²) in [7, 11) is 0. The number of para-hydroxylation sites is 1. The molecular weight excluding hydrogens is 624 g/mol. The Morgan fingerprint density at radius 2 is 1.63 bits per heavy atom. The van der Waals surface area contributed by atoms with Gasteiger partial charge in [0.15, 0.2) is 0 Å². The normalized spacial score (nSPS) is 11.9. The van der Waals surface area contributed by atoms with E-state index < -0.39 is 23.0 Å². The molecule has 1 atom stereocenters. The Morgan fingerprint density at radius 3 is 2.39 bits per heavy atom. The molecule has 232 valence electrons. The third-order valence-electron chi connectivity index (χ3n) is 6.95. The van der Waals surface area contributed by atoms with Gasteiger partial charge in [0.05, 0.1) is 15.8 Å². The van der Waals surface area contributed by atoms with E-state index >= 15 is 0 Å². The third-order valence-corrected chi connectivity index (χ3v) is 8.64. The van der Waals surface area contributed by atoms with Crippen molar-refractivity contribution >= 4 is 75.4 Å². The zero-order valence-electron chi connectivity index (χ0n) is 24.5. The van der Waals surface area contributed by atoms with E-state index in [9.17, 15) is 24.3 Å². The van der Waals surface area contributed by atoms with Crippen molar-refractivity contribution in [2.45, 2.75) is 23.5 Å². The fraction of sp³-hybridized carbons (Fsp3) is 0.0857. The predicted molar refractivity (Wildman–Crippen MR) is 182 cm³/mol. The van der Waals surface area contributed by atoms with Gasteiger partial charge in [-0.05, 0) is 67.1 Å². The Morgan fingerprint density at radius 1 is 0.891 bits per heavy atom. The molecule has 5 rings (SSSR count). The number of H-pyrrole nitrogens is 1. The number of fused-ring (bicyclic) bond motifs is 1. The van der Waals surface area contributed by atoms with Gasteiger partial charge in [0.1, 0.15) is 5.70 Å². The maximum Gasteiger partial charge on any atom is 0.337 e. The zero-order chi connectivity index (χ0) is 32.6. The van der Waals surface area contributed by atoms with E-state index in [0.717, 1.165) is 21.4 Å². The smallest absolute Gasteiger partial charge is 0.337 e. The number of rotatable bonds is 11. The summed E-state index contributed by atoms with van der Waals surface area (Å²) in [5.74, 6) is -2.47. The van der Waals surface area contributed by atoms with Crippen LogP contribution in [0.25, 0.3) is 17.0 Å². The highest BCUT2D eigenvalue weighted by atomic mass is 35.5. The fourth-order valence-electron chi connectivity index (χ4n) is 4.63. The van der Waals surface area contributed by atoms with E-state index in [4.69, 9.17) is 11.6 Å². The second kappa shape index (κ2) is 14.6. The summed E-state index contributed by atoms with van der Waals surface area (Å²) in [6.45, 7) is 1.87. The molecule has 0 saturated carbocycles. The number of amides is 3. The lowest BCUT2D eigenvalue weighted by molar-refractivity contribution is -0.116. The van der Waals surface area contributed by atoms with Crippen molar-refractivity contribution < 1.29 is 24.3 Å². The number of carbonyl (C=O) groups is 4. The number of carboxylic acid groups (broad SMARTS) is 1. The van der Waals surface area contributed by atoms with Crippen molar-refractivity contribution in [2.24, 2.45) is 0 Å². The molecule has 1 heterocycles. The van der Waals surface area contributed by atoms with Crippen LogP contribution in [0.5, 0.6) is 0 Å². The SMILES string of the molecule is CCC(Sc1cccc(NC(=O)/C(=C/c2c[nH]c3ccccc23)NC(=O)c2ccccc2)c1)C(=O)Nc1ccc(Cl)c(C(=O)O)c1. The molecule has 0 spiro atoms. The third kappa shape index (κ3) is 7.84. The highest BCUT2D eigenvalue weighted by Gasteiger charge is 2.21. The number of halogens is 1. The highest BCUT2D eigenvalue weighted by Crippen LogP contribution is 2.30. The molecule has 3 amide bonds. The average molecular weight is 653 g/mol. The Hall–Kier alpha value is -5.32. The number of thioether (sulfide) groups is 1. The number of aromatic nitrogens is 1. The molecule has 46 heavy (non-hydrogen) atoms. The van der Waals surface area contributed by atoms with E-state index in [-0.39, 0.29) is 22.2 Å². The van der Waals surface area contributed by atoms with Gasteiger partial charge in [-0.25, -0.2) is 4.79 Å². The molecule has 0 aliphatic rings. The number of carbonyl (C=O) groups excluding carboxylic acids is 3. The minimum absolute atomic E-state index is 0.0474.